The summed E-state index contributed by atoms with van der Waals surface area (Å²) in [5, 5.41) is 2.80. The summed E-state index contributed by atoms with van der Waals surface area (Å²) in [5.41, 5.74) is 2.91. The Morgan fingerprint density at radius 1 is 1.30 bits per heavy atom. The highest BCUT2D eigenvalue weighted by atomic mass is 16.5. The molecule has 1 aliphatic heterocycles. The summed E-state index contributed by atoms with van der Waals surface area (Å²) in [4.78, 5) is 18.9. The largest absolute Gasteiger partial charge is 0.383 e. The van der Waals surface area contributed by atoms with E-state index in [9.17, 15) is 4.79 Å². The molecule has 0 saturated carbocycles. The van der Waals surface area contributed by atoms with E-state index in [2.05, 4.69) is 40.3 Å². The van der Waals surface area contributed by atoms with Gasteiger partial charge in [-0.05, 0) is 37.1 Å². The molecule has 1 atom stereocenters. The third kappa shape index (κ3) is 3.19. The fraction of sp³-hybridized carbons (Fsp3) is 0.333. The standard InChI is InChI=1S/C18H21N3O2/c1-13-12-14-6-3-4-8-16(14)21(13)17-9-5-7-15(20-17)18(22)19-10-11-23-2/h3-9,13H,10-12H2,1-2H3,(H,19,22). The van der Waals surface area contributed by atoms with Gasteiger partial charge in [0.25, 0.3) is 5.91 Å². The predicted molar refractivity (Wildman–Crippen MR) is 90.2 cm³/mol. The molecule has 1 aliphatic rings. The highest BCUT2D eigenvalue weighted by Gasteiger charge is 2.27. The molecule has 0 saturated heterocycles. The SMILES string of the molecule is COCCNC(=O)c1cccc(N2c3ccccc3CC2C)n1. The third-order valence-electron chi connectivity index (χ3n) is 4.01. The van der Waals surface area contributed by atoms with Crippen molar-refractivity contribution >= 4 is 17.4 Å². The first kappa shape index (κ1) is 15.5. The maximum absolute atomic E-state index is 12.2. The van der Waals surface area contributed by atoms with Gasteiger partial charge in [0.05, 0.1) is 6.61 Å². The number of rotatable bonds is 5. The van der Waals surface area contributed by atoms with Gasteiger partial charge in [0.15, 0.2) is 0 Å². The number of fused-ring (bicyclic) bond motifs is 1. The van der Waals surface area contributed by atoms with Crippen molar-refractivity contribution in [3.8, 4) is 0 Å². The van der Waals surface area contributed by atoms with Gasteiger partial charge in [-0.15, -0.1) is 0 Å². The van der Waals surface area contributed by atoms with E-state index < -0.39 is 0 Å². The molecule has 0 fully saturated rings. The molecule has 5 nitrogen and oxygen atoms in total. The topological polar surface area (TPSA) is 54.5 Å². The Morgan fingerprint density at radius 2 is 2.13 bits per heavy atom. The molecule has 1 aromatic carbocycles. The van der Waals surface area contributed by atoms with Crippen LogP contribution in [0.2, 0.25) is 0 Å². The second-order valence-corrected chi connectivity index (χ2v) is 5.68. The van der Waals surface area contributed by atoms with Crippen molar-refractivity contribution in [2.45, 2.75) is 19.4 Å². The summed E-state index contributed by atoms with van der Waals surface area (Å²) < 4.78 is 4.94. The number of nitrogens with zero attached hydrogens (tertiary/aromatic N) is 2. The maximum atomic E-state index is 12.2. The minimum Gasteiger partial charge on any atom is -0.383 e. The summed E-state index contributed by atoms with van der Waals surface area (Å²) in [5.74, 6) is 0.630. The fourth-order valence-corrected chi connectivity index (χ4v) is 2.96. The molecule has 0 aliphatic carbocycles. The number of anilines is 2. The molecule has 5 heteroatoms. The van der Waals surface area contributed by atoms with Gasteiger partial charge in [0, 0.05) is 25.4 Å². The Labute approximate surface area is 136 Å². The Bertz CT molecular complexity index is 702. The van der Waals surface area contributed by atoms with Crippen molar-refractivity contribution in [1.82, 2.24) is 10.3 Å². The summed E-state index contributed by atoms with van der Waals surface area (Å²) >= 11 is 0. The fourth-order valence-electron chi connectivity index (χ4n) is 2.96. The monoisotopic (exact) mass is 311 g/mol. The van der Waals surface area contributed by atoms with Crippen molar-refractivity contribution in [2.75, 3.05) is 25.2 Å². The number of carbonyl (C=O) groups is 1. The van der Waals surface area contributed by atoms with Crippen LogP contribution in [0.25, 0.3) is 0 Å². The molecule has 1 aromatic heterocycles. The Kier molecular flexibility index (Phi) is 4.57. The van der Waals surface area contributed by atoms with E-state index in [1.165, 1.54) is 11.3 Å². The number of carbonyl (C=O) groups excluding carboxylic acids is 1. The molecule has 23 heavy (non-hydrogen) atoms. The molecular formula is C18H21N3O2. The number of para-hydroxylation sites is 1. The normalized spacial score (nSPS) is 16.3. The minimum absolute atomic E-state index is 0.177. The van der Waals surface area contributed by atoms with Gasteiger partial charge in [-0.2, -0.15) is 0 Å². The maximum Gasteiger partial charge on any atom is 0.270 e. The van der Waals surface area contributed by atoms with Crippen LogP contribution in [0.4, 0.5) is 11.5 Å². The lowest BCUT2D eigenvalue weighted by molar-refractivity contribution is 0.0932. The van der Waals surface area contributed by atoms with Gasteiger partial charge in [-0.1, -0.05) is 24.3 Å². The van der Waals surface area contributed by atoms with E-state index in [1.54, 1.807) is 13.2 Å². The number of benzene rings is 1. The third-order valence-corrected chi connectivity index (χ3v) is 4.01. The van der Waals surface area contributed by atoms with Crippen molar-refractivity contribution < 1.29 is 9.53 Å². The number of pyridine rings is 1. The number of hydrogen-bond acceptors (Lipinski definition) is 4. The zero-order valence-corrected chi connectivity index (χ0v) is 13.5. The first-order chi connectivity index (χ1) is 11.2. The minimum atomic E-state index is -0.177. The van der Waals surface area contributed by atoms with E-state index in [0.717, 1.165) is 12.2 Å². The number of ether oxygens (including phenoxy) is 1. The molecule has 1 amide bonds. The average molecular weight is 311 g/mol. The quantitative estimate of drug-likeness (QED) is 0.862. The average Bonchev–Trinajstić information content (AvgIpc) is 2.91. The highest BCUT2D eigenvalue weighted by molar-refractivity contribution is 5.92. The van der Waals surface area contributed by atoms with Gasteiger partial charge in [-0.25, -0.2) is 4.98 Å². The number of hydrogen-bond donors (Lipinski definition) is 1. The van der Waals surface area contributed by atoms with E-state index >= 15 is 0 Å². The number of aromatic nitrogens is 1. The molecule has 0 radical (unpaired) electrons. The molecule has 1 unspecified atom stereocenters. The van der Waals surface area contributed by atoms with Crippen LogP contribution < -0.4 is 10.2 Å². The lowest BCUT2D eigenvalue weighted by Crippen LogP contribution is -2.29. The molecule has 120 valence electrons. The van der Waals surface area contributed by atoms with Crippen LogP contribution >= 0.6 is 0 Å². The summed E-state index contributed by atoms with van der Waals surface area (Å²) in [7, 11) is 1.61. The number of methoxy groups -OCH3 is 1. The number of nitrogens with one attached hydrogen (secondary N) is 1. The van der Waals surface area contributed by atoms with Crippen LogP contribution in [0.3, 0.4) is 0 Å². The van der Waals surface area contributed by atoms with Crippen molar-refractivity contribution in [3.05, 3.63) is 53.7 Å². The van der Waals surface area contributed by atoms with Crippen LogP contribution in [0.15, 0.2) is 42.5 Å². The van der Waals surface area contributed by atoms with Crippen LogP contribution in [0.1, 0.15) is 23.0 Å². The molecule has 1 N–H and O–H groups in total. The molecule has 3 rings (SSSR count). The van der Waals surface area contributed by atoms with Gasteiger partial charge in [-0.3, -0.25) is 4.79 Å². The Hall–Kier alpha value is -2.40. The van der Waals surface area contributed by atoms with Crippen molar-refractivity contribution in [1.29, 1.82) is 0 Å². The summed E-state index contributed by atoms with van der Waals surface area (Å²) in [6.45, 7) is 3.14. The molecular weight excluding hydrogens is 290 g/mol. The molecule has 2 heterocycles. The summed E-state index contributed by atoms with van der Waals surface area (Å²) in [6.07, 6.45) is 0.988. The van der Waals surface area contributed by atoms with E-state index in [1.807, 2.05) is 18.2 Å². The predicted octanol–water partition coefficient (Wildman–Crippen LogP) is 2.54. The Balaban J connectivity index is 1.84. The van der Waals surface area contributed by atoms with Crippen LogP contribution in [-0.2, 0) is 11.2 Å². The second-order valence-electron chi connectivity index (χ2n) is 5.68. The smallest absolute Gasteiger partial charge is 0.270 e. The lowest BCUT2D eigenvalue weighted by Gasteiger charge is -2.24. The van der Waals surface area contributed by atoms with Crippen LogP contribution in [0, 0.1) is 0 Å². The van der Waals surface area contributed by atoms with E-state index in [0.29, 0.717) is 24.9 Å². The summed E-state index contributed by atoms with van der Waals surface area (Å²) in [6, 6.07) is 14.2. The molecule has 2 aromatic rings. The van der Waals surface area contributed by atoms with E-state index in [-0.39, 0.29) is 5.91 Å². The number of amides is 1. The first-order valence-corrected chi connectivity index (χ1v) is 7.82. The van der Waals surface area contributed by atoms with Crippen LogP contribution in [-0.4, -0.2) is 37.2 Å². The molecule has 0 spiro atoms. The van der Waals surface area contributed by atoms with Gasteiger partial charge >= 0.3 is 0 Å². The zero-order valence-electron chi connectivity index (χ0n) is 13.5. The van der Waals surface area contributed by atoms with Gasteiger partial charge in [0.2, 0.25) is 0 Å². The lowest BCUT2D eigenvalue weighted by atomic mass is 10.1. The molecule has 0 bridgehead atoms. The Morgan fingerprint density at radius 3 is 2.96 bits per heavy atom. The second kappa shape index (κ2) is 6.79. The van der Waals surface area contributed by atoms with Crippen LogP contribution in [0.5, 0.6) is 0 Å². The highest BCUT2D eigenvalue weighted by Crippen LogP contribution is 2.36. The first-order valence-electron chi connectivity index (χ1n) is 7.82. The van der Waals surface area contributed by atoms with Gasteiger partial charge in [0.1, 0.15) is 11.5 Å². The van der Waals surface area contributed by atoms with E-state index in [4.69, 9.17) is 4.74 Å². The van der Waals surface area contributed by atoms with Crippen molar-refractivity contribution in [3.63, 3.8) is 0 Å². The van der Waals surface area contributed by atoms with Crippen molar-refractivity contribution in [2.24, 2.45) is 0 Å². The zero-order chi connectivity index (χ0) is 16.2. The van der Waals surface area contributed by atoms with Gasteiger partial charge < -0.3 is 15.0 Å².